The average molecular weight is 295 g/mol. The van der Waals surface area contributed by atoms with Gasteiger partial charge in [-0.1, -0.05) is 12.0 Å². The predicted octanol–water partition coefficient (Wildman–Crippen LogP) is 1.20. The van der Waals surface area contributed by atoms with Gasteiger partial charge in [-0.2, -0.15) is 10.2 Å². The van der Waals surface area contributed by atoms with Crippen molar-refractivity contribution in [3.8, 4) is 41.2 Å². The molecule has 0 saturated heterocycles. The Morgan fingerprint density at radius 2 is 2.09 bits per heavy atom. The number of terminal acetylenes is 1. The summed E-state index contributed by atoms with van der Waals surface area (Å²) in [5.74, 6) is 3.13. The summed E-state index contributed by atoms with van der Waals surface area (Å²) in [7, 11) is 1.50. The minimum absolute atomic E-state index is 0.00396. The second-order valence-corrected chi connectivity index (χ2v) is 4.13. The molecule has 110 valence electrons. The van der Waals surface area contributed by atoms with E-state index < -0.39 is 0 Å². The van der Waals surface area contributed by atoms with E-state index in [1.807, 2.05) is 6.07 Å². The number of nitrogens with two attached hydrogens (primary N) is 2. The van der Waals surface area contributed by atoms with Gasteiger partial charge >= 0.3 is 0 Å². The van der Waals surface area contributed by atoms with Crippen molar-refractivity contribution in [1.29, 1.82) is 5.26 Å². The van der Waals surface area contributed by atoms with Gasteiger partial charge in [0.1, 0.15) is 24.1 Å². The molecule has 7 heteroatoms. The number of nitriles is 1. The molecule has 0 spiro atoms. The van der Waals surface area contributed by atoms with Crippen LogP contribution >= 0.6 is 0 Å². The van der Waals surface area contributed by atoms with Crippen molar-refractivity contribution >= 4 is 11.8 Å². The molecule has 0 atom stereocenters. The van der Waals surface area contributed by atoms with Crippen LogP contribution in [0.4, 0.5) is 11.8 Å². The first-order valence-electron chi connectivity index (χ1n) is 6.19. The largest absolute Gasteiger partial charge is 0.493 e. The van der Waals surface area contributed by atoms with Gasteiger partial charge in [0.2, 0.25) is 5.95 Å². The number of benzene rings is 1. The molecular weight excluding hydrogens is 282 g/mol. The summed E-state index contributed by atoms with van der Waals surface area (Å²) >= 11 is 0. The summed E-state index contributed by atoms with van der Waals surface area (Å²) in [6.07, 6.45) is 5.23. The number of aromatic nitrogens is 2. The van der Waals surface area contributed by atoms with Crippen LogP contribution < -0.4 is 20.9 Å². The molecule has 4 N–H and O–H groups in total. The topological polar surface area (TPSA) is 120 Å². The Morgan fingerprint density at radius 1 is 1.32 bits per heavy atom. The summed E-state index contributed by atoms with van der Waals surface area (Å²) in [6.45, 7) is 0.0330. The molecule has 0 bridgehead atoms. The molecule has 7 nitrogen and oxygen atoms in total. The summed E-state index contributed by atoms with van der Waals surface area (Å²) < 4.78 is 10.8. The Hall–Kier alpha value is -3.45. The maximum atomic E-state index is 9.29. The Morgan fingerprint density at radius 3 is 2.73 bits per heavy atom. The highest BCUT2D eigenvalue weighted by molar-refractivity contribution is 5.79. The van der Waals surface area contributed by atoms with Crippen LogP contribution in [0.1, 0.15) is 5.56 Å². The number of hydrogen-bond donors (Lipinski definition) is 2. The lowest BCUT2D eigenvalue weighted by Crippen LogP contribution is -2.06. The maximum absolute atomic E-state index is 9.29. The molecule has 0 radical (unpaired) electrons. The maximum Gasteiger partial charge on any atom is 0.222 e. The Bertz CT molecular complexity index is 790. The van der Waals surface area contributed by atoms with Gasteiger partial charge in [-0.05, 0) is 12.1 Å². The SMILES string of the molecule is C#CCOc1c(OC)cccc1-c1nc(N)nc(N)c1C#N. The molecule has 0 fully saturated rings. The number of methoxy groups -OCH3 is 1. The Labute approximate surface area is 127 Å². The molecule has 0 aliphatic heterocycles. The van der Waals surface area contributed by atoms with Gasteiger partial charge in [0, 0.05) is 5.56 Å². The van der Waals surface area contributed by atoms with E-state index >= 15 is 0 Å². The molecule has 0 saturated carbocycles. The molecule has 2 rings (SSSR count). The second-order valence-electron chi connectivity index (χ2n) is 4.13. The van der Waals surface area contributed by atoms with Crippen molar-refractivity contribution in [2.45, 2.75) is 0 Å². The standard InChI is InChI=1S/C15H13N5O2/c1-3-7-22-13-9(5-4-6-11(13)21-2)12-10(8-16)14(17)20-15(18)19-12/h1,4-6H,7H2,2H3,(H4,17,18,19,20). The quantitative estimate of drug-likeness (QED) is 0.813. The monoisotopic (exact) mass is 295 g/mol. The van der Waals surface area contributed by atoms with Gasteiger partial charge in [-0.15, -0.1) is 6.42 Å². The molecular formula is C15H13N5O2. The molecule has 0 aliphatic carbocycles. The van der Waals surface area contributed by atoms with Crippen LogP contribution in [-0.2, 0) is 0 Å². The number of ether oxygens (including phenoxy) is 2. The van der Waals surface area contributed by atoms with Crippen LogP contribution in [0.3, 0.4) is 0 Å². The van der Waals surface area contributed by atoms with Crippen molar-refractivity contribution in [2.75, 3.05) is 25.2 Å². The van der Waals surface area contributed by atoms with Crippen LogP contribution in [0, 0.1) is 23.7 Å². The summed E-state index contributed by atoms with van der Waals surface area (Å²) in [5.41, 5.74) is 12.2. The van der Waals surface area contributed by atoms with Crippen LogP contribution in [0.25, 0.3) is 11.3 Å². The van der Waals surface area contributed by atoms with Gasteiger partial charge in [-0.3, -0.25) is 0 Å². The van der Waals surface area contributed by atoms with Crippen molar-refractivity contribution in [1.82, 2.24) is 9.97 Å². The van der Waals surface area contributed by atoms with Gasteiger partial charge in [0.25, 0.3) is 0 Å². The highest BCUT2D eigenvalue weighted by Gasteiger charge is 2.19. The van der Waals surface area contributed by atoms with Crippen molar-refractivity contribution < 1.29 is 9.47 Å². The lowest BCUT2D eigenvalue weighted by atomic mass is 10.1. The van der Waals surface area contributed by atoms with Crippen molar-refractivity contribution in [3.63, 3.8) is 0 Å². The third-order valence-corrected chi connectivity index (χ3v) is 2.82. The first kappa shape index (κ1) is 14.9. The van der Waals surface area contributed by atoms with Crippen LogP contribution in [0.5, 0.6) is 11.5 Å². The molecule has 0 unspecified atom stereocenters. The smallest absolute Gasteiger partial charge is 0.222 e. The molecule has 1 aromatic carbocycles. The van der Waals surface area contributed by atoms with E-state index in [0.29, 0.717) is 17.1 Å². The third kappa shape index (κ3) is 2.69. The number of para-hydroxylation sites is 1. The summed E-state index contributed by atoms with van der Waals surface area (Å²) in [5, 5.41) is 9.29. The number of hydrogen-bond acceptors (Lipinski definition) is 7. The zero-order chi connectivity index (χ0) is 16.1. The molecule has 0 amide bonds. The van der Waals surface area contributed by atoms with Gasteiger partial charge in [0.15, 0.2) is 11.5 Å². The first-order chi connectivity index (χ1) is 10.6. The second kappa shape index (κ2) is 6.33. The lowest BCUT2D eigenvalue weighted by molar-refractivity contribution is 0.332. The highest BCUT2D eigenvalue weighted by Crippen LogP contribution is 2.39. The van der Waals surface area contributed by atoms with Gasteiger partial charge < -0.3 is 20.9 Å². The van der Waals surface area contributed by atoms with Crippen LogP contribution in [0.2, 0.25) is 0 Å². The fourth-order valence-corrected chi connectivity index (χ4v) is 1.93. The van der Waals surface area contributed by atoms with E-state index in [4.69, 9.17) is 27.4 Å². The number of nitrogens with zero attached hydrogens (tertiary/aromatic N) is 3. The van der Waals surface area contributed by atoms with Crippen LogP contribution in [-0.4, -0.2) is 23.7 Å². The first-order valence-corrected chi connectivity index (χ1v) is 6.19. The van der Waals surface area contributed by atoms with E-state index in [1.54, 1.807) is 18.2 Å². The number of anilines is 2. The summed E-state index contributed by atoms with van der Waals surface area (Å²) in [4.78, 5) is 7.88. The van der Waals surface area contributed by atoms with Crippen molar-refractivity contribution in [3.05, 3.63) is 23.8 Å². The third-order valence-electron chi connectivity index (χ3n) is 2.82. The van der Waals surface area contributed by atoms with E-state index in [-0.39, 0.29) is 29.6 Å². The van der Waals surface area contributed by atoms with Crippen molar-refractivity contribution in [2.24, 2.45) is 0 Å². The zero-order valence-corrected chi connectivity index (χ0v) is 11.8. The highest BCUT2D eigenvalue weighted by atomic mass is 16.5. The minimum atomic E-state index is -0.0442. The Kier molecular flexibility index (Phi) is 4.30. The Balaban J connectivity index is 2.73. The molecule has 2 aromatic rings. The van der Waals surface area contributed by atoms with Gasteiger partial charge in [-0.25, -0.2) is 4.98 Å². The molecule has 0 aliphatic rings. The summed E-state index contributed by atoms with van der Waals surface area (Å²) in [6, 6.07) is 7.11. The number of nitrogen functional groups attached to an aromatic ring is 2. The normalized spacial score (nSPS) is 9.59. The fraction of sp³-hybridized carbons (Fsp3) is 0.133. The lowest BCUT2D eigenvalue weighted by Gasteiger charge is -2.14. The minimum Gasteiger partial charge on any atom is -0.493 e. The molecule has 1 heterocycles. The number of rotatable bonds is 4. The average Bonchev–Trinajstić information content (AvgIpc) is 2.51. The van der Waals surface area contributed by atoms with E-state index in [9.17, 15) is 5.26 Å². The van der Waals surface area contributed by atoms with Gasteiger partial charge in [0.05, 0.1) is 12.8 Å². The molecule has 1 aromatic heterocycles. The molecule has 22 heavy (non-hydrogen) atoms. The fourth-order valence-electron chi connectivity index (χ4n) is 1.93. The zero-order valence-electron chi connectivity index (χ0n) is 11.8. The van der Waals surface area contributed by atoms with Crippen LogP contribution in [0.15, 0.2) is 18.2 Å². The van der Waals surface area contributed by atoms with E-state index in [1.165, 1.54) is 7.11 Å². The predicted molar refractivity (Wildman–Crippen MR) is 81.9 cm³/mol. The van der Waals surface area contributed by atoms with E-state index in [2.05, 4.69) is 15.9 Å². The van der Waals surface area contributed by atoms with E-state index in [0.717, 1.165) is 0 Å².